The van der Waals surface area contributed by atoms with E-state index in [1.54, 1.807) is 6.92 Å². The minimum absolute atomic E-state index is 0.0464. The summed E-state index contributed by atoms with van der Waals surface area (Å²) >= 11 is 0. The van der Waals surface area contributed by atoms with E-state index in [2.05, 4.69) is 10.3 Å². The second-order valence-electron chi connectivity index (χ2n) is 3.71. The fourth-order valence-corrected chi connectivity index (χ4v) is 1.38. The molecule has 1 atom stereocenters. The average Bonchev–Trinajstić information content (AvgIpc) is 2.28. The number of pyridine rings is 1. The van der Waals surface area contributed by atoms with Crippen LogP contribution in [0.1, 0.15) is 17.3 Å². The summed E-state index contributed by atoms with van der Waals surface area (Å²) in [6.07, 6.45) is 0.964. The summed E-state index contributed by atoms with van der Waals surface area (Å²) in [6, 6.07) is 0.906. The van der Waals surface area contributed by atoms with Crippen LogP contribution in [0.25, 0.3) is 0 Å². The molecule has 1 aromatic heterocycles. The first kappa shape index (κ1) is 13.8. The molecule has 0 aliphatic heterocycles. The molecular weight excluding hydrogens is 240 g/mol. The molecular formula is C10H14N4O4. The normalized spacial score (nSPS) is 11.9. The van der Waals surface area contributed by atoms with Crippen molar-refractivity contribution < 1.29 is 14.5 Å². The number of nitrogen functional groups attached to an aromatic ring is 1. The number of nitrogens with zero attached hydrogens (tertiary/aromatic N) is 2. The van der Waals surface area contributed by atoms with Gasteiger partial charge in [0, 0.05) is 13.2 Å². The van der Waals surface area contributed by atoms with E-state index >= 15 is 0 Å². The molecule has 0 aliphatic carbocycles. The van der Waals surface area contributed by atoms with Gasteiger partial charge in [-0.3, -0.25) is 14.9 Å². The fraction of sp³-hybridized carbons (Fsp3) is 0.400. The predicted octanol–water partition coefficient (Wildman–Crippen LogP) is 0.337. The lowest BCUT2D eigenvalue weighted by atomic mass is 10.2. The topological polar surface area (TPSA) is 120 Å². The quantitative estimate of drug-likeness (QED) is 0.577. The highest BCUT2D eigenvalue weighted by molar-refractivity contribution is 5.98. The molecule has 1 heterocycles. The van der Waals surface area contributed by atoms with E-state index in [0.717, 1.165) is 6.20 Å². The van der Waals surface area contributed by atoms with Gasteiger partial charge in [0.25, 0.3) is 11.6 Å². The zero-order valence-electron chi connectivity index (χ0n) is 10.0. The van der Waals surface area contributed by atoms with Crippen molar-refractivity contribution in [3.63, 3.8) is 0 Å². The van der Waals surface area contributed by atoms with Crippen LogP contribution in [0.4, 0.5) is 11.5 Å². The Kier molecular flexibility index (Phi) is 4.55. The lowest BCUT2D eigenvalue weighted by Crippen LogP contribution is -2.36. The molecule has 8 heteroatoms. The lowest BCUT2D eigenvalue weighted by molar-refractivity contribution is -0.385. The van der Waals surface area contributed by atoms with Crippen LogP contribution in [-0.2, 0) is 4.74 Å². The molecule has 18 heavy (non-hydrogen) atoms. The number of aromatic nitrogens is 1. The largest absolute Gasteiger partial charge is 0.384 e. The Balaban J connectivity index is 2.97. The summed E-state index contributed by atoms with van der Waals surface area (Å²) in [5.74, 6) is -0.537. The standard InChI is InChI=1S/C10H14N4O4/c1-6(5-18-2)13-10(15)7-3-9(11)12-4-8(7)14(16)17/h3-4,6H,5H2,1-2H3,(H2,11,12)(H,13,15). The van der Waals surface area contributed by atoms with E-state index in [0.29, 0.717) is 6.61 Å². The first-order chi connectivity index (χ1) is 8.45. The minimum atomic E-state index is -0.678. The maximum Gasteiger partial charge on any atom is 0.300 e. The van der Waals surface area contributed by atoms with Gasteiger partial charge < -0.3 is 15.8 Å². The van der Waals surface area contributed by atoms with Crippen molar-refractivity contribution in [2.24, 2.45) is 0 Å². The van der Waals surface area contributed by atoms with E-state index in [9.17, 15) is 14.9 Å². The minimum Gasteiger partial charge on any atom is -0.384 e. The van der Waals surface area contributed by atoms with Crippen molar-refractivity contribution in [1.29, 1.82) is 0 Å². The molecule has 8 nitrogen and oxygen atoms in total. The predicted molar refractivity (Wildman–Crippen MR) is 64.1 cm³/mol. The van der Waals surface area contributed by atoms with Crippen molar-refractivity contribution in [3.05, 3.63) is 27.9 Å². The summed E-state index contributed by atoms with van der Waals surface area (Å²) in [7, 11) is 1.50. The second kappa shape index (κ2) is 5.92. The first-order valence-electron chi connectivity index (χ1n) is 5.15. The monoisotopic (exact) mass is 254 g/mol. The molecule has 0 saturated heterocycles. The number of hydrogen-bond donors (Lipinski definition) is 2. The Morgan fingerprint density at radius 3 is 2.94 bits per heavy atom. The summed E-state index contributed by atoms with van der Waals surface area (Å²) in [5, 5.41) is 13.3. The van der Waals surface area contributed by atoms with E-state index in [4.69, 9.17) is 10.5 Å². The molecule has 0 saturated carbocycles. The number of carbonyl (C=O) groups excluding carboxylic acids is 1. The second-order valence-corrected chi connectivity index (χ2v) is 3.71. The maximum atomic E-state index is 11.9. The number of nitrogens with one attached hydrogen (secondary N) is 1. The molecule has 1 unspecified atom stereocenters. The number of anilines is 1. The van der Waals surface area contributed by atoms with Crippen molar-refractivity contribution in [1.82, 2.24) is 10.3 Å². The molecule has 0 fully saturated rings. The zero-order valence-corrected chi connectivity index (χ0v) is 10.0. The highest BCUT2D eigenvalue weighted by atomic mass is 16.6. The molecule has 0 radical (unpaired) electrons. The lowest BCUT2D eigenvalue weighted by Gasteiger charge is -2.12. The van der Waals surface area contributed by atoms with Crippen LogP contribution in [0.5, 0.6) is 0 Å². The Hall–Kier alpha value is -2.22. The summed E-state index contributed by atoms with van der Waals surface area (Å²) in [4.78, 5) is 25.5. The van der Waals surface area contributed by atoms with Crippen LogP contribution in [0.15, 0.2) is 12.3 Å². The van der Waals surface area contributed by atoms with Gasteiger partial charge in [-0.1, -0.05) is 0 Å². The van der Waals surface area contributed by atoms with Gasteiger partial charge in [0.2, 0.25) is 0 Å². The highest BCUT2D eigenvalue weighted by Crippen LogP contribution is 2.18. The third kappa shape index (κ3) is 3.39. The average molecular weight is 254 g/mol. The third-order valence-electron chi connectivity index (χ3n) is 2.14. The third-order valence-corrected chi connectivity index (χ3v) is 2.14. The Morgan fingerprint density at radius 1 is 1.72 bits per heavy atom. The zero-order chi connectivity index (χ0) is 13.7. The molecule has 3 N–H and O–H groups in total. The summed E-state index contributed by atoms with van der Waals surface area (Å²) in [5.41, 5.74) is 4.92. The van der Waals surface area contributed by atoms with Crippen molar-refractivity contribution in [2.75, 3.05) is 19.5 Å². The van der Waals surface area contributed by atoms with Crippen LogP contribution in [0, 0.1) is 10.1 Å². The Labute approximate surface area is 103 Å². The Morgan fingerprint density at radius 2 is 2.39 bits per heavy atom. The number of rotatable bonds is 5. The molecule has 0 aromatic carbocycles. The number of ether oxygens (including phenoxy) is 1. The van der Waals surface area contributed by atoms with Crippen LogP contribution < -0.4 is 11.1 Å². The van der Waals surface area contributed by atoms with Crippen molar-refractivity contribution in [2.45, 2.75) is 13.0 Å². The van der Waals surface area contributed by atoms with Crippen LogP contribution >= 0.6 is 0 Å². The van der Waals surface area contributed by atoms with E-state index in [1.807, 2.05) is 0 Å². The Bertz CT molecular complexity index is 463. The van der Waals surface area contributed by atoms with Gasteiger partial charge in [-0.05, 0) is 13.0 Å². The van der Waals surface area contributed by atoms with E-state index in [-0.39, 0.29) is 23.1 Å². The first-order valence-corrected chi connectivity index (χ1v) is 5.15. The van der Waals surface area contributed by atoms with Gasteiger partial charge in [0.05, 0.1) is 11.5 Å². The van der Waals surface area contributed by atoms with E-state index in [1.165, 1.54) is 13.2 Å². The number of nitrogens with two attached hydrogens (primary N) is 1. The van der Waals surface area contributed by atoms with Gasteiger partial charge in [-0.15, -0.1) is 0 Å². The molecule has 0 aliphatic rings. The van der Waals surface area contributed by atoms with Crippen molar-refractivity contribution >= 4 is 17.4 Å². The SMILES string of the molecule is COCC(C)NC(=O)c1cc(N)ncc1[N+](=O)[O-]. The van der Waals surface area contributed by atoms with Gasteiger partial charge in [-0.25, -0.2) is 4.98 Å². The number of hydrogen-bond acceptors (Lipinski definition) is 6. The fourth-order valence-electron chi connectivity index (χ4n) is 1.38. The van der Waals surface area contributed by atoms with Gasteiger partial charge in [0.1, 0.15) is 17.6 Å². The number of nitro groups is 1. The molecule has 0 spiro atoms. The summed E-state index contributed by atoms with van der Waals surface area (Å²) < 4.78 is 4.86. The summed E-state index contributed by atoms with van der Waals surface area (Å²) in [6.45, 7) is 2.03. The van der Waals surface area contributed by atoms with Gasteiger partial charge >= 0.3 is 0 Å². The molecule has 1 rings (SSSR count). The smallest absolute Gasteiger partial charge is 0.300 e. The van der Waals surface area contributed by atoms with Gasteiger partial charge in [-0.2, -0.15) is 0 Å². The number of amides is 1. The van der Waals surface area contributed by atoms with E-state index < -0.39 is 10.8 Å². The van der Waals surface area contributed by atoms with Crippen LogP contribution in [0.3, 0.4) is 0 Å². The molecule has 1 amide bonds. The highest BCUT2D eigenvalue weighted by Gasteiger charge is 2.22. The maximum absolute atomic E-state index is 11.9. The van der Waals surface area contributed by atoms with Gasteiger partial charge in [0.15, 0.2) is 0 Å². The van der Waals surface area contributed by atoms with Crippen molar-refractivity contribution in [3.8, 4) is 0 Å². The molecule has 98 valence electrons. The molecule has 1 aromatic rings. The molecule has 0 bridgehead atoms. The van der Waals surface area contributed by atoms with Crippen LogP contribution in [0.2, 0.25) is 0 Å². The van der Waals surface area contributed by atoms with Crippen LogP contribution in [-0.4, -0.2) is 35.6 Å². The number of methoxy groups -OCH3 is 1. The number of carbonyl (C=O) groups is 1.